The van der Waals surface area contributed by atoms with Gasteiger partial charge in [-0.05, 0) is 67.3 Å². The Morgan fingerprint density at radius 3 is 2.95 bits per heavy atom. The van der Waals surface area contributed by atoms with Gasteiger partial charge >= 0.3 is 0 Å². The molecule has 1 atom stereocenters. The van der Waals surface area contributed by atoms with Crippen molar-refractivity contribution < 1.29 is 4.74 Å². The molecule has 0 aromatic heterocycles. The van der Waals surface area contributed by atoms with Gasteiger partial charge in [-0.3, -0.25) is 0 Å². The van der Waals surface area contributed by atoms with Crippen molar-refractivity contribution in [2.45, 2.75) is 31.9 Å². The fourth-order valence-corrected chi connectivity index (χ4v) is 3.19. The van der Waals surface area contributed by atoms with Crippen LogP contribution in [0.15, 0.2) is 42.5 Å². The van der Waals surface area contributed by atoms with E-state index >= 15 is 0 Å². The molecule has 0 amide bonds. The summed E-state index contributed by atoms with van der Waals surface area (Å²) in [4.78, 5) is 0. The first kappa shape index (κ1) is 14.4. The SMILES string of the molecule is CNC1CCCc2cc(OCc3cccc(Cl)c3)ccc21. The van der Waals surface area contributed by atoms with E-state index in [4.69, 9.17) is 16.3 Å². The van der Waals surface area contributed by atoms with Gasteiger partial charge in [-0.15, -0.1) is 0 Å². The molecule has 3 rings (SSSR count). The van der Waals surface area contributed by atoms with Crippen molar-refractivity contribution in [2.75, 3.05) is 7.05 Å². The van der Waals surface area contributed by atoms with Crippen LogP contribution >= 0.6 is 11.6 Å². The maximum atomic E-state index is 5.99. The first-order chi connectivity index (χ1) is 10.3. The fourth-order valence-electron chi connectivity index (χ4n) is 2.97. The highest BCUT2D eigenvalue weighted by Gasteiger charge is 2.18. The van der Waals surface area contributed by atoms with E-state index in [1.807, 2.05) is 31.3 Å². The van der Waals surface area contributed by atoms with Gasteiger partial charge in [0.05, 0.1) is 0 Å². The molecule has 0 bridgehead atoms. The number of nitrogens with one attached hydrogen (secondary N) is 1. The second kappa shape index (κ2) is 6.50. The van der Waals surface area contributed by atoms with Gasteiger partial charge < -0.3 is 10.1 Å². The minimum absolute atomic E-state index is 0.482. The van der Waals surface area contributed by atoms with Crippen molar-refractivity contribution in [3.8, 4) is 5.75 Å². The molecule has 0 spiro atoms. The summed E-state index contributed by atoms with van der Waals surface area (Å²) in [5.41, 5.74) is 3.91. The normalized spacial score (nSPS) is 17.3. The van der Waals surface area contributed by atoms with Crippen LogP contribution in [0.4, 0.5) is 0 Å². The van der Waals surface area contributed by atoms with Crippen molar-refractivity contribution in [1.29, 1.82) is 0 Å². The number of halogens is 1. The van der Waals surface area contributed by atoms with Crippen LogP contribution in [0.5, 0.6) is 5.75 Å². The average Bonchev–Trinajstić information content (AvgIpc) is 2.52. The molecule has 110 valence electrons. The quantitative estimate of drug-likeness (QED) is 0.897. The molecule has 1 aliphatic rings. The Labute approximate surface area is 131 Å². The molecule has 0 saturated carbocycles. The lowest BCUT2D eigenvalue weighted by Crippen LogP contribution is -2.21. The molecule has 21 heavy (non-hydrogen) atoms. The standard InChI is InChI=1S/C18H20ClNO/c1-20-18-7-3-5-14-11-16(8-9-17(14)18)21-12-13-4-2-6-15(19)10-13/h2,4,6,8-11,18,20H,3,5,7,12H2,1H3. The molecule has 0 saturated heterocycles. The number of fused-ring (bicyclic) bond motifs is 1. The second-order valence-corrected chi connectivity index (χ2v) is 5.95. The lowest BCUT2D eigenvalue weighted by atomic mass is 9.87. The Balaban J connectivity index is 1.72. The zero-order chi connectivity index (χ0) is 14.7. The van der Waals surface area contributed by atoms with Crippen LogP contribution in [-0.2, 0) is 13.0 Å². The van der Waals surface area contributed by atoms with Gasteiger partial charge in [0.2, 0.25) is 0 Å². The molecule has 1 unspecified atom stereocenters. The summed E-state index contributed by atoms with van der Waals surface area (Å²) in [5.74, 6) is 0.936. The molecule has 3 heteroatoms. The number of ether oxygens (including phenoxy) is 1. The molecule has 2 aromatic rings. The minimum Gasteiger partial charge on any atom is -0.489 e. The molecular formula is C18H20ClNO. The summed E-state index contributed by atoms with van der Waals surface area (Å²) in [5, 5.41) is 4.14. The van der Waals surface area contributed by atoms with Crippen molar-refractivity contribution in [2.24, 2.45) is 0 Å². The van der Waals surface area contributed by atoms with Crippen LogP contribution < -0.4 is 10.1 Å². The molecule has 0 fully saturated rings. The first-order valence-electron chi connectivity index (χ1n) is 7.43. The summed E-state index contributed by atoms with van der Waals surface area (Å²) in [6.07, 6.45) is 3.59. The van der Waals surface area contributed by atoms with Gasteiger partial charge in [0, 0.05) is 11.1 Å². The van der Waals surface area contributed by atoms with E-state index in [9.17, 15) is 0 Å². The van der Waals surface area contributed by atoms with Crippen LogP contribution in [0.1, 0.15) is 35.6 Å². The van der Waals surface area contributed by atoms with E-state index < -0.39 is 0 Å². The summed E-state index contributed by atoms with van der Waals surface area (Å²) in [6, 6.07) is 14.7. The minimum atomic E-state index is 0.482. The first-order valence-corrected chi connectivity index (χ1v) is 7.81. The smallest absolute Gasteiger partial charge is 0.120 e. The average molecular weight is 302 g/mol. The lowest BCUT2D eigenvalue weighted by Gasteiger charge is -2.25. The van der Waals surface area contributed by atoms with Gasteiger partial charge in [-0.25, -0.2) is 0 Å². The Morgan fingerprint density at radius 1 is 1.24 bits per heavy atom. The third-order valence-corrected chi connectivity index (χ3v) is 4.31. The Kier molecular flexibility index (Phi) is 4.47. The molecule has 2 nitrogen and oxygen atoms in total. The number of rotatable bonds is 4. The fraction of sp³-hybridized carbons (Fsp3) is 0.333. The molecule has 2 aromatic carbocycles. The van der Waals surface area contributed by atoms with E-state index in [0.717, 1.165) is 22.8 Å². The topological polar surface area (TPSA) is 21.3 Å². The lowest BCUT2D eigenvalue weighted by molar-refractivity contribution is 0.305. The van der Waals surface area contributed by atoms with Gasteiger partial charge in [-0.2, -0.15) is 0 Å². The third-order valence-electron chi connectivity index (χ3n) is 4.07. The van der Waals surface area contributed by atoms with Crippen molar-refractivity contribution in [1.82, 2.24) is 5.32 Å². The predicted molar refractivity (Wildman–Crippen MR) is 87.0 cm³/mol. The van der Waals surface area contributed by atoms with Crippen LogP contribution in [0.25, 0.3) is 0 Å². The third kappa shape index (κ3) is 3.39. The van der Waals surface area contributed by atoms with E-state index in [2.05, 4.69) is 23.5 Å². The van der Waals surface area contributed by atoms with Crippen molar-refractivity contribution in [3.05, 3.63) is 64.2 Å². The van der Waals surface area contributed by atoms with Crippen LogP contribution in [0, 0.1) is 0 Å². The molecule has 0 aliphatic heterocycles. The summed E-state index contributed by atoms with van der Waals surface area (Å²) in [7, 11) is 2.03. The van der Waals surface area contributed by atoms with Crippen LogP contribution in [0.2, 0.25) is 5.02 Å². The van der Waals surface area contributed by atoms with Gasteiger partial charge in [0.25, 0.3) is 0 Å². The van der Waals surface area contributed by atoms with Gasteiger partial charge in [0.15, 0.2) is 0 Å². The highest BCUT2D eigenvalue weighted by molar-refractivity contribution is 6.30. The molecule has 1 N–H and O–H groups in total. The summed E-state index contributed by atoms with van der Waals surface area (Å²) in [6.45, 7) is 0.550. The number of aryl methyl sites for hydroxylation is 1. The van der Waals surface area contributed by atoms with Crippen LogP contribution in [-0.4, -0.2) is 7.05 Å². The Hall–Kier alpha value is -1.51. The molecular weight excluding hydrogens is 282 g/mol. The highest BCUT2D eigenvalue weighted by Crippen LogP contribution is 2.32. The second-order valence-electron chi connectivity index (χ2n) is 5.51. The van der Waals surface area contributed by atoms with E-state index in [1.54, 1.807) is 0 Å². The van der Waals surface area contributed by atoms with Crippen molar-refractivity contribution >= 4 is 11.6 Å². The molecule has 0 radical (unpaired) electrons. The van der Waals surface area contributed by atoms with Gasteiger partial charge in [-0.1, -0.05) is 29.8 Å². The van der Waals surface area contributed by atoms with Crippen LogP contribution in [0.3, 0.4) is 0 Å². The largest absolute Gasteiger partial charge is 0.489 e. The van der Waals surface area contributed by atoms with Gasteiger partial charge in [0.1, 0.15) is 12.4 Å². The number of benzene rings is 2. The Bertz CT molecular complexity index is 626. The predicted octanol–water partition coefficient (Wildman–Crippen LogP) is 4.52. The van der Waals surface area contributed by atoms with E-state index in [0.29, 0.717) is 12.6 Å². The Morgan fingerprint density at radius 2 is 2.14 bits per heavy atom. The van der Waals surface area contributed by atoms with E-state index in [1.165, 1.54) is 24.0 Å². The zero-order valence-corrected chi connectivity index (χ0v) is 13.0. The molecule has 1 aliphatic carbocycles. The van der Waals surface area contributed by atoms with E-state index in [-0.39, 0.29) is 0 Å². The summed E-state index contributed by atoms with van der Waals surface area (Å²) < 4.78 is 5.90. The molecule has 0 heterocycles. The maximum Gasteiger partial charge on any atom is 0.120 e. The number of hydrogen-bond donors (Lipinski definition) is 1. The van der Waals surface area contributed by atoms with Crippen molar-refractivity contribution in [3.63, 3.8) is 0 Å². The number of hydrogen-bond acceptors (Lipinski definition) is 2. The maximum absolute atomic E-state index is 5.99. The monoisotopic (exact) mass is 301 g/mol. The zero-order valence-electron chi connectivity index (χ0n) is 12.2. The highest BCUT2D eigenvalue weighted by atomic mass is 35.5. The summed E-state index contributed by atoms with van der Waals surface area (Å²) >= 11 is 5.99.